The maximum Gasteiger partial charge on any atom is 0.271 e. The lowest BCUT2D eigenvalue weighted by Crippen LogP contribution is -2.11. The molecule has 0 radical (unpaired) electrons. The van der Waals surface area contributed by atoms with E-state index < -0.39 is 11.6 Å². The molecular formula is C13H9F2N5OS3. The van der Waals surface area contributed by atoms with Gasteiger partial charge in [-0.25, -0.2) is 8.78 Å². The largest absolute Gasteiger partial charge is 0.296 e. The molecule has 2 heterocycles. The number of benzene rings is 1. The minimum atomic E-state index is -0.621. The zero-order chi connectivity index (χ0) is 17.1. The van der Waals surface area contributed by atoms with E-state index in [1.165, 1.54) is 35.2 Å². The Hall–Kier alpha value is -1.98. The van der Waals surface area contributed by atoms with Crippen LogP contribution in [-0.4, -0.2) is 25.7 Å². The summed E-state index contributed by atoms with van der Waals surface area (Å²) in [6.07, 6.45) is 0. The number of nitrogens with zero attached hydrogens (tertiary/aromatic N) is 4. The number of aromatic nitrogens is 4. The van der Waals surface area contributed by atoms with Gasteiger partial charge in [-0.3, -0.25) is 10.1 Å². The minimum absolute atomic E-state index is 0.334. The lowest BCUT2D eigenvalue weighted by atomic mass is 10.2. The summed E-state index contributed by atoms with van der Waals surface area (Å²) in [5.41, 5.74) is 1.05. The first kappa shape index (κ1) is 16.9. The van der Waals surface area contributed by atoms with Crippen LogP contribution in [0.4, 0.5) is 13.9 Å². The van der Waals surface area contributed by atoms with E-state index in [2.05, 4.69) is 25.1 Å². The van der Waals surface area contributed by atoms with Gasteiger partial charge in [0.2, 0.25) is 5.13 Å². The Morgan fingerprint density at radius 1 is 1.21 bits per heavy atom. The van der Waals surface area contributed by atoms with Gasteiger partial charge in [-0.15, -0.1) is 15.3 Å². The van der Waals surface area contributed by atoms with Crippen LogP contribution in [0, 0.1) is 18.6 Å². The van der Waals surface area contributed by atoms with Gasteiger partial charge in [-0.2, -0.15) is 0 Å². The molecular weight excluding hydrogens is 376 g/mol. The fourth-order valence-corrected chi connectivity index (χ4v) is 3.98. The van der Waals surface area contributed by atoms with Gasteiger partial charge in [-0.1, -0.05) is 27.6 Å². The van der Waals surface area contributed by atoms with Gasteiger partial charge < -0.3 is 0 Å². The molecule has 3 rings (SSSR count). The first-order valence-electron chi connectivity index (χ1n) is 6.53. The molecule has 0 aliphatic carbocycles. The van der Waals surface area contributed by atoms with Crippen LogP contribution in [-0.2, 0) is 5.75 Å². The van der Waals surface area contributed by atoms with E-state index >= 15 is 0 Å². The van der Waals surface area contributed by atoms with Crippen molar-refractivity contribution in [2.45, 2.75) is 17.0 Å². The van der Waals surface area contributed by atoms with Crippen molar-refractivity contribution in [2.75, 3.05) is 5.32 Å². The standard InChI is InChI=1S/C13H9F2N5OS3/c1-6-10(24-20-17-6)11(21)16-12-18-19-13(23-12)22-5-7-2-8(14)4-9(15)3-7/h2-4H,5H2,1H3,(H,16,18,21). The average molecular weight is 385 g/mol. The Bertz CT molecular complexity index is 862. The van der Waals surface area contributed by atoms with Gasteiger partial charge in [0, 0.05) is 11.8 Å². The highest BCUT2D eigenvalue weighted by atomic mass is 32.2. The van der Waals surface area contributed by atoms with Gasteiger partial charge >= 0.3 is 0 Å². The molecule has 0 spiro atoms. The Morgan fingerprint density at radius 2 is 1.96 bits per heavy atom. The Balaban J connectivity index is 1.61. The third kappa shape index (κ3) is 4.10. The monoisotopic (exact) mass is 385 g/mol. The summed E-state index contributed by atoms with van der Waals surface area (Å²) < 4.78 is 30.6. The van der Waals surface area contributed by atoms with Gasteiger partial charge in [0.1, 0.15) is 16.5 Å². The summed E-state index contributed by atoms with van der Waals surface area (Å²) in [5, 5.41) is 14.5. The normalized spacial score (nSPS) is 10.8. The van der Waals surface area contributed by atoms with Gasteiger partial charge in [0.05, 0.1) is 5.69 Å². The number of nitrogens with one attached hydrogen (secondary N) is 1. The van der Waals surface area contributed by atoms with E-state index in [0.29, 0.717) is 31.4 Å². The highest BCUT2D eigenvalue weighted by molar-refractivity contribution is 8.00. The topological polar surface area (TPSA) is 80.7 Å². The quantitative estimate of drug-likeness (QED) is 0.535. The summed E-state index contributed by atoms with van der Waals surface area (Å²) in [7, 11) is 0. The van der Waals surface area contributed by atoms with Gasteiger partial charge in [0.25, 0.3) is 5.91 Å². The molecule has 0 saturated heterocycles. The fraction of sp³-hybridized carbons (Fsp3) is 0.154. The SMILES string of the molecule is Cc1nnsc1C(=O)Nc1nnc(SCc2cc(F)cc(F)c2)s1. The number of thioether (sulfide) groups is 1. The number of anilines is 1. The average Bonchev–Trinajstić information content (AvgIpc) is 3.13. The van der Waals surface area contributed by atoms with Crippen LogP contribution in [0.3, 0.4) is 0 Å². The predicted molar refractivity (Wildman–Crippen MR) is 88.4 cm³/mol. The Labute approximate surface area is 147 Å². The van der Waals surface area contributed by atoms with Crippen molar-refractivity contribution in [3.8, 4) is 0 Å². The van der Waals surface area contributed by atoms with Crippen molar-refractivity contribution in [2.24, 2.45) is 0 Å². The lowest BCUT2D eigenvalue weighted by molar-refractivity contribution is 0.102. The maximum atomic E-state index is 13.1. The van der Waals surface area contributed by atoms with Crippen molar-refractivity contribution in [1.29, 1.82) is 0 Å². The second-order valence-corrected chi connectivity index (χ2v) is 7.54. The summed E-state index contributed by atoms with van der Waals surface area (Å²) in [4.78, 5) is 12.4. The van der Waals surface area contributed by atoms with E-state index in [4.69, 9.17) is 0 Å². The van der Waals surface area contributed by atoms with Crippen molar-refractivity contribution in [3.05, 3.63) is 46.0 Å². The molecule has 1 aromatic carbocycles. The first-order valence-corrected chi connectivity index (χ1v) is 9.10. The van der Waals surface area contributed by atoms with Crippen LogP contribution < -0.4 is 5.32 Å². The number of aryl methyl sites for hydroxylation is 1. The van der Waals surface area contributed by atoms with E-state index in [1.54, 1.807) is 6.92 Å². The molecule has 124 valence electrons. The van der Waals surface area contributed by atoms with E-state index in [-0.39, 0.29) is 5.91 Å². The van der Waals surface area contributed by atoms with Gasteiger partial charge in [0.15, 0.2) is 4.34 Å². The Kier molecular flexibility index (Phi) is 5.11. The van der Waals surface area contributed by atoms with E-state index in [1.807, 2.05) is 0 Å². The molecule has 1 amide bonds. The smallest absolute Gasteiger partial charge is 0.271 e. The van der Waals surface area contributed by atoms with Crippen LogP contribution in [0.5, 0.6) is 0 Å². The molecule has 0 saturated carbocycles. The predicted octanol–water partition coefficient (Wildman–Crippen LogP) is 3.52. The molecule has 0 fully saturated rings. The summed E-state index contributed by atoms with van der Waals surface area (Å²) in [6, 6.07) is 3.35. The number of carbonyl (C=O) groups excluding carboxylic acids is 1. The van der Waals surface area contributed by atoms with Gasteiger partial charge in [-0.05, 0) is 36.2 Å². The van der Waals surface area contributed by atoms with Crippen LogP contribution in [0.25, 0.3) is 0 Å². The number of halogens is 2. The molecule has 0 bridgehead atoms. The van der Waals surface area contributed by atoms with Crippen LogP contribution >= 0.6 is 34.6 Å². The van der Waals surface area contributed by atoms with Crippen molar-refractivity contribution >= 4 is 45.7 Å². The summed E-state index contributed by atoms with van der Waals surface area (Å²) >= 11 is 3.46. The summed E-state index contributed by atoms with van der Waals surface area (Å²) in [5.74, 6) is -1.24. The van der Waals surface area contributed by atoms with Crippen LogP contribution in [0.15, 0.2) is 22.5 Å². The molecule has 24 heavy (non-hydrogen) atoms. The minimum Gasteiger partial charge on any atom is -0.296 e. The second kappa shape index (κ2) is 7.28. The molecule has 3 aromatic rings. The Morgan fingerprint density at radius 3 is 2.62 bits per heavy atom. The molecule has 11 heteroatoms. The highest BCUT2D eigenvalue weighted by Crippen LogP contribution is 2.29. The number of amides is 1. The maximum absolute atomic E-state index is 13.1. The third-order valence-corrected chi connectivity index (χ3v) is 5.64. The second-order valence-electron chi connectivity index (χ2n) is 4.58. The highest BCUT2D eigenvalue weighted by Gasteiger charge is 2.15. The van der Waals surface area contributed by atoms with Crippen molar-refractivity contribution in [1.82, 2.24) is 19.8 Å². The fourth-order valence-electron chi connectivity index (χ4n) is 1.75. The van der Waals surface area contributed by atoms with E-state index in [0.717, 1.165) is 17.6 Å². The van der Waals surface area contributed by atoms with Crippen LogP contribution in [0.1, 0.15) is 20.9 Å². The zero-order valence-electron chi connectivity index (χ0n) is 12.1. The first-order chi connectivity index (χ1) is 11.5. The molecule has 2 aromatic heterocycles. The van der Waals surface area contributed by atoms with Crippen molar-refractivity contribution < 1.29 is 13.6 Å². The van der Waals surface area contributed by atoms with E-state index in [9.17, 15) is 13.6 Å². The number of hydrogen-bond acceptors (Lipinski definition) is 8. The molecule has 1 N–H and O–H groups in total. The third-order valence-electron chi connectivity index (χ3n) is 2.77. The molecule has 0 unspecified atom stereocenters. The number of rotatable bonds is 5. The molecule has 6 nitrogen and oxygen atoms in total. The van der Waals surface area contributed by atoms with Crippen LogP contribution in [0.2, 0.25) is 0 Å². The zero-order valence-corrected chi connectivity index (χ0v) is 14.6. The molecule has 0 aliphatic heterocycles. The lowest BCUT2D eigenvalue weighted by Gasteiger charge is -1.99. The summed E-state index contributed by atoms with van der Waals surface area (Å²) in [6.45, 7) is 1.69. The molecule has 0 aliphatic rings. The number of carbonyl (C=O) groups is 1. The van der Waals surface area contributed by atoms with Crippen molar-refractivity contribution in [3.63, 3.8) is 0 Å². The number of hydrogen-bond donors (Lipinski definition) is 1. The molecule has 0 atom stereocenters.